The molecule has 1 heterocycles. The maximum atomic E-state index is 12.5. The first-order valence-corrected chi connectivity index (χ1v) is 10.9. The van der Waals surface area contributed by atoms with Crippen molar-refractivity contribution in [3.63, 3.8) is 0 Å². The van der Waals surface area contributed by atoms with Crippen molar-refractivity contribution in [2.24, 2.45) is 4.99 Å². The van der Waals surface area contributed by atoms with Crippen molar-refractivity contribution in [2.75, 3.05) is 20.3 Å². The summed E-state index contributed by atoms with van der Waals surface area (Å²) in [5.74, 6) is 1.52. The quantitative estimate of drug-likeness (QED) is 0.622. The predicted molar refractivity (Wildman–Crippen MR) is 117 cm³/mol. The van der Waals surface area contributed by atoms with Crippen LogP contribution in [0.2, 0.25) is 0 Å². The first kappa shape index (κ1) is 20.5. The highest BCUT2D eigenvalue weighted by atomic mass is 16.5. The van der Waals surface area contributed by atoms with Gasteiger partial charge in [0.2, 0.25) is 0 Å². The van der Waals surface area contributed by atoms with Gasteiger partial charge >= 0.3 is 5.97 Å². The van der Waals surface area contributed by atoms with Crippen molar-refractivity contribution in [1.82, 2.24) is 0 Å². The number of fused-ring (bicyclic) bond motifs is 3. The first-order valence-electron chi connectivity index (χ1n) is 10.9. The molecule has 0 N–H and O–H groups in total. The van der Waals surface area contributed by atoms with E-state index in [4.69, 9.17) is 19.2 Å². The van der Waals surface area contributed by atoms with Crippen LogP contribution in [0, 0.1) is 0 Å². The lowest BCUT2D eigenvalue weighted by Crippen LogP contribution is -2.30. The lowest BCUT2D eigenvalue weighted by atomic mass is 9.74. The van der Waals surface area contributed by atoms with Gasteiger partial charge in [-0.2, -0.15) is 0 Å². The van der Waals surface area contributed by atoms with E-state index in [1.807, 2.05) is 38.1 Å². The Labute approximate surface area is 178 Å². The zero-order valence-electron chi connectivity index (χ0n) is 17.9. The minimum absolute atomic E-state index is 0.222. The molecule has 2 atom stereocenters. The summed E-state index contributed by atoms with van der Waals surface area (Å²) in [6.45, 7) is 5.08. The number of benzene rings is 2. The second-order valence-electron chi connectivity index (χ2n) is 7.73. The van der Waals surface area contributed by atoms with E-state index in [1.165, 1.54) is 25.5 Å². The molecule has 2 aliphatic rings. The van der Waals surface area contributed by atoms with Crippen LogP contribution in [0.15, 0.2) is 41.4 Å². The Morgan fingerprint density at radius 2 is 1.70 bits per heavy atom. The van der Waals surface area contributed by atoms with Gasteiger partial charge in [0.25, 0.3) is 0 Å². The third-order valence-electron chi connectivity index (χ3n) is 5.98. The highest BCUT2D eigenvalue weighted by molar-refractivity contribution is 6.19. The number of aliphatic imine (C=N–C) groups is 1. The van der Waals surface area contributed by atoms with Crippen LogP contribution in [-0.4, -0.2) is 38.0 Å². The van der Waals surface area contributed by atoms with E-state index in [0.29, 0.717) is 24.7 Å². The molecular formula is C25H29NO4. The van der Waals surface area contributed by atoms with Gasteiger partial charge in [-0.15, -0.1) is 0 Å². The van der Waals surface area contributed by atoms with E-state index in [-0.39, 0.29) is 12.0 Å². The van der Waals surface area contributed by atoms with Crippen LogP contribution in [0.5, 0.6) is 11.5 Å². The summed E-state index contributed by atoms with van der Waals surface area (Å²) in [5, 5.41) is 0. The van der Waals surface area contributed by atoms with Crippen molar-refractivity contribution in [3.8, 4) is 11.5 Å². The van der Waals surface area contributed by atoms with Crippen molar-refractivity contribution in [1.29, 1.82) is 0 Å². The van der Waals surface area contributed by atoms with Crippen LogP contribution in [-0.2, 0) is 4.74 Å². The highest BCUT2D eigenvalue weighted by Gasteiger charge is 2.35. The first-order chi connectivity index (χ1) is 14.7. The van der Waals surface area contributed by atoms with Crippen LogP contribution in [0.4, 0.5) is 0 Å². The largest absolute Gasteiger partial charge is 0.490 e. The molecule has 158 valence electrons. The van der Waals surface area contributed by atoms with E-state index in [1.54, 1.807) is 6.07 Å². The maximum Gasteiger partial charge on any atom is 0.338 e. The molecule has 1 aliphatic carbocycles. The molecule has 0 saturated heterocycles. The minimum atomic E-state index is -0.350. The van der Waals surface area contributed by atoms with Gasteiger partial charge in [-0.3, -0.25) is 4.99 Å². The third-order valence-corrected chi connectivity index (χ3v) is 5.98. The topological polar surface area (TPSA) is 57.1 Å². The summed E-state index contributed by atoms with van der Waals surface area (Å²) in [6, 6.07) is 12.0. The zero-order valence-corrected chi connectivity index (χ0v) is 17.9. The van der Waals surface area contributed by atoms with Crippen LogP contribution in [0.25, 0.3) is 0 Å². The van der Waals surface area contributed by atoms with Gasteiger partial charge in [-0.1, -0.05) is 31.0 Å². The fraction of sp³-hybridized carbons (Fsp3) is 0.440. The molecule has 0 aromatic heterocycles. The van der Waals surface area contributed by atoms with Crippen LogP contribution in [0.1, 0.15) is 72.5 Å². The van der Waals surface area contributed by atoms with Crippen molar-refractivity contribution >= 4 is 11.7 Å². The number of ether oxygens (including phenoxy) is 3. The van der Waals surface area contributed by atoms with E-state index < -0.39 is 0 Å². The molecule has 4 rings (SSSR count). The smallest absolute Gasteiger partial charge is 0.338 e. The number of hydrogen-bond acceptors (Lipinski definition) is 5. The SMILES string of the molecule is CCOc1cc2c(cc1OCC)[C@H]1CCCC[C@H]1N=C2c1ccccc1C(=O)OC. The molecule has 2 aromatic rings. The number of carbonyl (C=O) groups is 1. The fourth-order valence-corrected chi connectivity index (χ4v) is 4.68. The molecule has 1 fully saturated rings. The van der Waals surface area contributed by atoms with Gasteiger partial charge < -0.3 is 14.2 Å². The molecule has 1 aliphatic heterocycles. The van der Waals surface area contributed by atoms with Crippen LogP contribution < -0.4 is 9.47 Å². The Bertz CT molecular complexity index is 966. The van der Waals surface area contributed by atoms with Crippen molar-refractivity contribution in [3.05, 3.63) is 58.7 Å². The standard InChI is InChI=1S/C25H29NO4/c1-4-29-22-14-19-16-10-8-9-13-21(16)26-24(20(19)15-23(22)30-5-2)17-11-6-7-12-18(17)25(27)28-3/h6-7,11-12,14-16,21H,4-5,8-10,13H2,1-3H3/t16-,21-/m1/s1. The van der Waals surface area contributed by atoms with Crippen LogP contribution in [0.3, 0.4) is 0 Å². The molecule has 0 bridgehead atoms. The second kappa shape index (κ2) is 8.90. The Kier molecular flexibility index (Phi) is 6.07. The molecular weight excluding hydrogens is 378 g/mol. The molecule has 5 heteroatoms. The molecule has 0 radical (unpaired) electrons. The Hall–Kier alpha value is -2.82. The molecule has 30 heavy (non-hydrogen) atoms. The Morgan fingerprint density at radius 3 is 2.43 bits per heavy atom. The highest BCUT2D eigenvalue weighted by Crippen LogP contribution is 2.45. The lowest BCUT2D eigenvalue weighted by Gasteiger charge is -2.36. The summed E-state index contributed by atoms with van der Waals surface area (Å²) >= 11 is 0. The molecule has 0 unspecified atom stereocenters. The number of methoxy groups -OCH3 is 1. The predicted octanol–water partition coefficient (Wildman–Crippen LogP) is 5.15. The lowest BCUT2D eigenvalue weighted by molar-refractivity contribution is 0.0600. The molecule has 2 aromatic carbocycles. The van der Waals surface area contributed by atoms with E-state index in [9.17, 15) is 4.79 Å². The van der Waals surface area contributed by atoms with Gasteiger partial charge in [0.05, 0.1) is 37.6 Å². The zero-order chi connectivity index (χ0) is 21.1. The summed E-state index contributed by atoms with van der Waals surface area (Å²) in [4.78, 5) is 17.6. The van der Waals surface area contributed by atoms with Crippen LogP contribution >= 0.6 is 0 Å². The van der Waals surface area contributed by atoms with E-state index >= 15 is 0 Å². The number of esters is 1. The van der Waals surface area contributed by atoms with Crippen molar-refractivity contribution < 1.29 is 19.0 Å². The monoisotopic (exact) mass is 407 g/mol. The number of nitrogens with zero attached hydrogens (tertiary/aromatic N) is 1. The summed E-state index contributed by atoms with van der Waals surface area (Å²) in [7, 11) is 1.41. The fourth-order valence-electron chi connectivity index (χ4n) is 4.68. The average molecular weight is 408 g/mol. The van der Waals surface area contributed by atoms with E-state index in [2.05, 4.69) is 6.07 Å². The third kappa shape index (κ3) is 3.69. The number of carbonyl (C=O) groups excluding carboxylic acids is 1. The number of rotatable bonds is 6. The Balaban J connectivity index is 1.92. The Morgan fingerprint density at radius 1 is 1.00 bits per heavy atom. The second-order valence-corrected chi connectivity index (χ2v) is 7.73. The number of hydrogen-bond donors (Lipinski definition) is 0. The minimum Gasteiger partial charge on any atom is -0.490 e. The van der Waals surface area contributed by atoms with Gasteiger partial charge in [0.1, 0.15) is 0 Å². The van der Waals surface area contributed by atoms with Gasteiger partial charge in [0, 0.05) is 17.0 Å². The maximum absolute atomic E-state index is 12.5. The summed E-state index contributed by atoms with van der Waals surface area (Å²) in [6.07, 6.45) is 4.57. The molecule has 0 spiro atoms. The van der Waals surface area contributed by atoms with Gasteiger partial charge in [-0.25, -0.2) is 4.79 Å². The molecule has 5 nitrogen and oxygen atoms in total. The van der Waals surface area contributed by atoms with Gasteiger partial charge in [0.15, 0.2) is 11.5 Å². The van der Waals surface area contributed by atoms with Gasteiger partial charge in [-0.05, 0) is 50.5 Å². The average Bonchev–Trinajstić information content (AvgIpc) is 2.79. The molecule has 1 saturated carbocycles. The molecule has 0 amide bonds. The summed E-state index contributed by atoms with van der Waals surface area (Å²) in [5.41, 5.74) is 4.46. The normalized spacial score (nSPS) is 19.9. The summed E-state index contributed by atoms with van der Waals surface area (Å²) < 4.78 is 16.9. The van der Waals surface area contributed by atoms with Crippen molar-refractivity contribution in [2.45, 2.75) is 51.5 Å². The van der Waals surface area contributed by atoms with E-state index in [0.717, 1.165) is 41.2 Å².